The lowest BCUT2D eigenvalue weighted by atomic mass is 9.84. The fraction of sp³-hybridized carbons (Fsp3) is 0.929. The molecule has 0 saturated heterocycles. The van der Waals surface area contributed by atoms with E-state index in [4.69, 9.17) is 5.73 Å². The molecule has 0 radical (unpaired) electrons. The summed E-state index contributed by atoms with van der Waals surface area (Å²) >= 11 is 0. The van der Waals surface area contributed by atoms with Gasteiger partial charge in [0.05, 0.1) is 0 Å². The van der Waals surface area contributed by atoms with E-state index >= 15 is 0 Å². The first kappa shape index (κ1) is 16.4. The van der Waals surface area contributed by atoms with E-state index in [-0.39, 0.29) is 16.7 Å². The van der Waals surface area contributed by atoms with Gasteiger partial charge in [-0.2, -0.15) is 0 Å². The van der Waals surface area contributed by atoms with Crippen LogP contribution in [-0.4, -0.2) is 30.9 Å². The van der Waals surface area contributed by atoms with Crippen molar-refractivity contribution in [1.82, 2.24) is 4.90 Å². The standard InChI is InChI=1S/C14H30N2O/c1-13(2,3)11-16(6)12(17)7-8-14(4,5)9-10-15/h7-11,15H2,1-6H3. The summed E-state index contributed by atoms with van der Waals surface area (Å²) in [5, 5.41) is 0. The van der Waals surface area contributed by atoms with E-state index in [0.717, 1.165) is 19.4 Å². The van der Waals surface area contributed by atoms with Crippen LogP contribution in [0.2, 0.25) is 0 Å². The third-order valence-corrected chi connectivity index (χ3v) is 2.97. The van der Waals surface area contributed by atoms with Crippen LogP contribution in [-0.2, 0) is 4.79 Å². The molecule has 0 aromatic carbocycles. The second kappa shape index (κ2) is 6.39. The van der Waals surface area contributed by atoms with Gasteiger partial charge in [0.15, 0.2) is 0 Å². The van der Waals surface area contributed by atoms with Crippen LogP contribution < -0.4 is 5.73 Å². The largest absolute Gasteiger partial charge is 0.345 e. The van der Waals surface area contributed by atoms with Crippen LogP contribution in [0.1, 0.15) is 53.9 Å². The first-order valence-corrected chi connectivity index (χ1v) is 6.51. The van der Waals surface area contributed by atoms with E-state index in [1.165, 1.54) is 0 Å². The Kier molecular flexibility index (Phi) is 6.17. The second-order valence-electron chi connectivity index (χ2n) is 7.01. The van der Waals surface area contributed by atoms with Gasteiger partial charge in [-0.15, -0.1) is 0 Å². The normalized spacial score (nSPS) is 12.6. The van der Waals surface area contributed by atoms with Crippen molar-refractivity contribution in [1.29, 1.82) is 0 Å². The number of carbonyl (C=O) groups is 1. The Balaban J connectivity index is 4.10. The van der Waals surface area contributed by atoms with Crippen LogP contribution in [0.25, 0.3) is 0 Å². The van der Waals surface area contributed by atoms with E-state index < -0.39 is 0 Å². The molecule has 0 rings (SSSR count). The average molecular weight is 242 g/mol. The van der Waals surface area contributed by atoms with Crippen molar-refractivity contribution in [2.75, 3.05) is 20.1 Å². The molecule has 0 saturated carbocycles. The number of nitrogens with zero attached hydrogens (tertiary/aromatic N) is 1. The minimum absolute atomic E-state index is 0.164. The molecule has 0 spiro atoms. The maximum Gasteiger partial charge on any atom is 0.222 e. The summed E-state index contributed by atoms with van der Waals surface area (Å²) < 4.78 is 0. The fourth-order valence-corrected chi connectivity index (χ4v) is 1.95. The zero-order valence-electron chi connectivity index (χ0n) is 12.5. The Morgan fingerprint density at radius 1 is 1.12 bits per heavy atom. The molecule has 0 aliphatic rings. The SMILES string of the molecule is CN(CC(C)(C)C)C(=O)CCC(C)(C)CCN. The molecule has 0 aromatic heterocycles. The van der Waals surface area contributed by atoms with Crippen LogP contribution in [0.5, 0.6) is 0 Å². The van der Waals surface area contributed by atoms with Gasteiger partial charge >= 0.3 is 0 Å². The highest BCUT2D eigenvalue weighted by Gasteiger charge is 2.21. The fourth-order valence-electron chi connectivity index (χ4n) is 1.95. The summed E-state index contributed by atoms with van der Waals surface area (Å²) in [4.78, 5) is 13.8. The lowest BCUT2D eigenvalue weighted by molar-refractivity contribution is -0.131. The van der Waals surface area contributed by atoms with Gasteiger partial charge < -0.3 is 10.6 Å². The Labute approximate surface area is 107 Å². The van der Waals surface area contributed by atoms with E-state index in [1.807, 2.05) is 11.9 Å². The monoisotopic (exact) mass is 242 g/mol. The number of rotatable bonds is 6. The third kappa shape index (κ3) is 8.19. The molecule has 2 N–H and O–H groups in total. The number of hydrogen-bond donors (Lipinski definition) is 1. The molecule has 0 atom stereocenters. The summed E-state index contributed by atoms with van der Waals surface area (Å²) in [6, 6.07) is 0. The number of nitrogens with two attached hydrogens (primary N) is 1. The quantitative estimate of drug-likeness (QED) is 0.778. The molecule has 102 valence electrons. The van der Waals surface area contributed by atoms with Crippen LogP contribution in [0.15, 0.2) is 0 Å². The minimum Gasteiger partial charge on any atom is -0.345 e. The predicted octanol–water partition coefficient (Wildman–Crippen LogP) is 2.65. The summed E-state index contributed by atoms with van der Waals surface area (Å²) in [5.74, 6) is 0.241. The predicted molar refractivity (Wildman–Crippen MR) is 73.8 cm³/mol. The van der Waals surface area contributed by atoms with Gasteiger partial charge in [-0.25, -0.2) is 0 Å². The molecule has 0 heterocycles. The first-order chi connectivity index (χ1) is 7.57. The van der Waals surface area contributed by atoms with Crippen molar-refractivity contribution in [3.05, 3.63) is 0 Å². The lowest BCUT2D eigenvalue weighted by Gasteiger charge is -2.28. The van der Waals surface area contributed by atoms with Crippen LogP contribution in [0.4, 0.5) is 0 Å². The van der Waals surface area contributed by atoms with Crippen molar-refractivity contribution in [3.63, 3.8) is 0 Å². The highest BCUT2D eigenvalue weighted by Crippen LogP contribution is 2.26. The Bertz CT molecular complexity index is 241. The molecule has 0 fully saturated rings. The summed E-state index contributed by atoms with van der Waals surface area (Å²) in [5.41, 5.74) is 5.91. The molecule has 0 aromatic rings. The molecule has 0 aliphatic heterocycles. The number of amides is 1. The zero-order valence-corrected chi connectivity index (χ0v) is 12.5. The number of carbonyl (C=O) groups excluding carboxylic acids is 1. The molecule has 0 unspecified atom stereocenters. The van der Waals surface area contributed by atoms with Crippen molar-refractivity contribution in [3.8, 4) is 0 Å². The zero-order chi connectivity index (χ0) is 13.7. The minimum atomic E-state index is 0.164. The van der Waals surface area contributed by atoms with Gasteiger partial charge in [0, 0.05) is 20.0 Å². The average Bonchev–Trinajstić information content (AvgIpc) is 2.11. The molecular weight excluding hydrogens is 212 g/mol. The van der Waals surface area contributed by atoms with Crippen molar-refractivity contribution in [2.45, 2.75) is 53.9 Å². The molecular formula is C14H30N2O. The Hall–Kier alpha value is -0.570. The van der Waals surface area contributed by atoms with Gasteiger partial charge in [0.2, 0.25) is 5.91 Å². The highest BCUT2D eigenvalue weighted by molar-refractivity contribution is 5.75. The molecule has 0 bridgehead atoms. The van der Waals surface area contributed by atoms with E-state index in [9.17, 15) is 4.79 Å². The molecule has 1 amide bonds. The molecule has 3 nitrogen and oxygen atoms in total. The maximum atomic E-state index is 12.0. The van der Waals surface area contributed by atoms with Gasteiger partial charge in [0.1, 0.15) is 0 Å². The maximum absolute atomic E-state index is 12.0. The van der Waals surface area contributed by atoms with Gasteiger partial charge in [-0.3, -0.25) is 4.79 Å². The summed E-state index contributed by atoms with van der Waals surface area (Å²) in [6.07, 6.45) is 2.51. The Morgan fingerprint density at radius 2 is 1.65 bits per heavy atom. The van der Waals surface area contributed by atoms with Crippen molar-refractivity contribution >= 4 is 5.91 Å². The van der Waals surface area contributed by atoms with Gasteiger partial charge in [-0.05, 0) is 30.2 Å². The van der Waals surface area contributed by atoms with Crippen LogP contribution >= 0.6 is 0 Å². The van der Waals surface area contributed by atoms with E-state index in [2.05, 4.69) is 34.6 Å². The van der Waals surface area contributed by atoms with Gasteiger partial charge in [0.25, 0.3) is 0 Å². The van der Waals surface area contributed by atoms with Crippen molar-refractivity contribution < 1.29 is 4.79 Å². The summed E-state index contributed by atoms with van der Waals surface area (Å²) in [6.45, 7) is 12.3. The summed E-state index contributed by atoms with van der Waals surface area (Å²) in [7, 11) is 1.89. The second-order valence-corrected chi connectivity index (χ2v) is 7.01. The van der Waals surface area contributed by atoms with Gasteiger partial charge in [-0.1, -0.05) is 34.6 Å². The van der Waals surface area contributed by atoms with Crippen LogP contribution in [0.3, 0.4) is 0 Å². The lowest BCUT2D eigenvalue weighted by Crippen LogP contribution is -2.35. The highest BCUT2D eigenvalue weighted by atomic mass is 16.2. The topological polar surface area (TPSA) is 46.3 Å². The van der Waals surface area contributed by atoms with Crippen LogP contribution in [0, 0.1) is 10.8 Å². The van der Waals surface area contributed by atoms with E-state index in [1.54, 1.807) is 0 Å². The van der Waals surface area contributed by atoms with Crippen molar-refractivity contribution in [2.24, 2.45) is 16.6 Å². The number of hydrogen-bond acceptors (Lipinski definition) is 2. The smallest absolute Gasteiger partial charge is 0.222 e. The molecule has 3 heteroatoms. The first-order valence-electron chi connectivity index (χ1n) is 6.51. The molecule has 17 heavy (non-hydrogen) atoms. The molecule has 0 aliphatic carbocycles. The Morgan fingerprint density at radius 3 is 2.06 bits per heavy atom. The van der Waals surface area contributed by atoms with E-state index in [0.29, 0.717) is 13.0 Å². The third-order valence-electron chi connectivity index (χ3n) is 2.97.